The average molecular weight is 172 g/mol. The predicted molar refractivity (Wildman–Crippen MR) is 54.6 cm³/mol. The predicted octanol–water partition coefficient (Wildman–Crippen LogP) is 1.16. The molecule has 0 atom stereocenters. The van der Waals surface area contributed by atoms with E-state index in [9.17, 15) is 0 Å². The summed E-state index contributed by atoms with van der Waals surface area (Å²) in [4.78, 5) is 0. The largest absolute Gasteiger partial charge is 0.384 e. The van der Waals surface area contributed by atoms with Gasteiger partial charge < -0.3 is 4.74 Å². The summed E-state index contributed by atoms with van der Waals surface area (Å²) in [6.45, 7) is 0.830. The summed E-state index contributed by atoms with van der Waals surface area (Å²) >= 11 is 0. The van der Waals surface area contributed by atoms with Gasteiger partial charge >= 0.3 is 0 Å². The molecule has 0 N–H and O–H groups in total. The van der Waals surface area contributed by atoms with E-state index >= 15 is 0 Å². The van der Waals surface area contributed by atoms with Crippen LogP contribution in [0.4, 0.5) is 0 Å². The van der Waals surface area contributed by atoms with Crippen LogP contribution in [0.15, 0.2) is 24.3 Å². The summed E-state index contributed by atoms with van der Waals surface area (Å²) in [5, 5.41) is 0. The smallest absolute Gasteiger partial charge is 0.113 e. The molecule has 2 heteroatoms. The topological polar surface area (TPSA) is 9.23 Å². The third kappa shape index (κ3) is 1.64. The highest BCUT2D eigenvalue weighted by Crippen LogP contribution is 2.47. The molecule has 1 aromatic rings. The Balaban J connectivity index is 2.20. The van der Waals surface area contributed by atoms with Gasteiger partial charge in [-0.15, -0.1) is 0 Å². The van der Waals surface area contributed by atoms with E-state index in [0.717, 1.165) is 12.1 Å². The highest BCUT2D eigenvalue weighted by molar-refractivity contribution is 6.32. The van der Waals surface area contributed by atoms with Crippen LogP contribution < -0.4 is 5.46 Å². The van der Waals surface area contributed by atoms with E-state index in [1.165, 1.54) is 18.4 Å². The van der Waals surface area contributed by atoms with Gasteiger partial charge in [-0.25, -0.2) is 0 Å². The van der Waals surface area contributed by atoms with Crippen molar-refractivity contribution in [1.29, 1.82) is 0 Å². The van der Waals surface area contributed by atoms with Crippen molar-refractivity contribution in [2.24, 2.45) is 0 Å². The third-order valence-corrected chi connectivity index (χ3v) is 2.80. The number of ether oxygens (including phenoxy) is 1. The summed E-state index contributed by atoms with van der Waals surface area (Å²) < 4.78 is 5.22. The fourth-order valence-electron chi connectivity index (χ4n) is 1.78. The zero-order valence-electron chi connectivity index (χ0n) is 7.92. The van der Waals surface area contributed by atoms with Crippen LogP contribution in [0.2, 0.25) is 0 Å². The second kappa shape index (κ2) is 3.19. The summed E-state index contributed by atoms with van der Waals surface area (Å²) in [6, 6.07) is 8.15. The van der Waals surface area contributed by atoms with Crippen molar-refractivity contribution in [1.82, 2.24) is 0 Å². The molecular weight excluding hydrogens is 159 g/mol. The van der Waals surface area contributed by atoms with Gasteiger partial charge in [-0.2, -0.15) is 0 Å². The first-order valence-electron chi connectivity index (χ1n) is 4.62. The van der Waals surface area contributed by atoms with Crippen molar-refractivity contribution < 1.29 is 4.74 Å². The van der Waals surface area contributed by atoms with Gasteiger partial charge in [0.1, 0.15) is 7.85 Å². The minimum Gasteiger partial charge on any atom is -0.384 e. The Morgan fingerprint density at radius 3 is 2.38 bits per heavy atom. The third-order valence-electron chi connectivity index (χ3n) is 2.80. The molecule has 0 aromatic heterocycles. The van der Waals surface area contributed by atoms with Crippen LogP contribution in [0.1, 0.15) is 18.4 Å². The molecule has 0 aliphatic heterocycles. The molecule has 0 amide bonds. The number of methoxy groups -OCH3 is 1. The Labute approximate surface area is 80.5 Å². The Bertz CT molecular complexity index is 287. The molecule has 66 valence electrons. The van der Waals surface area contributed by atoms with Crippen LogP contribution >= 0.6 is 0 Å². The molecule has 2 rings (SSSR count). The molecule has 2 radical (unpaired) electrons. The van der Waals surface area contributed by atoms with E-state index in [-0.39, 0.29) is 0 Å². The molecule has 1 aliphatic rings. The van der Waals surface area contributed by atoms with Gasteiger partial charge in [0, 0.05) is 12.5 Å². The van der Waals surface area contributed by atoms with Crippen LogP contribution in [-0.2, 0) is 10.2 Å². The van der Waals surface area contributed by atoms with Gasteiger partial charge in [0.2, 0.25) is 0 Å². The highest BCUT2D eigenvalue weighted by atomic mass is 16.5. The number of benzene rings is 1. The minimum absolute atomic E-state index is 0.308. The normalized spacial score (nSPS) is 18.5. The molecular formula is C11H13BO. The molecule has 1 fully saturated rings. The van der Waals surface area contributed by atoms with Crippen molar-refractivity contribution >= 4 is 13.3 Å². The average Bonchev–Trinajstić information content (AvgIpc) is 2.87. The van der Waals surface area contributed by atoms with Crippen LogP contribution in [0.25, 0.3) is 0 Å². The molecule has 1 nitrogen and oxygen atoms in total. The molecule has 0 heterocycles. The van der Waals surface area contributed by atoms with Crippen molar-refractivity contribution in [3.8, 4) is 0 Å². The van der Waals surface area contributed by atoms with Gasteiger partial charge in [0.25, 0.3) is 0 Å². The van der Waals surface area contributed by atoms with Gasteiger partial charge in [-0.1, -0.05) is 29.7 Å². The lowest BCUT2D eigenvalue weighted by atomic mass is 9.90. The van der Waals surface area contributed by atoms with E-state index in [1.807, 2.05) is 12.1 Å². The Morgan fingerprint density at radius 1 is 1.31 bits per heavy atom. The molecule has 1 saturated carbocycles. The number of hydrogen-bond donors (Lipinski definition) is 0. The lowest BCUT2D eigenvalue weighted by Crippen LogP contribution is -2.15. The summed E-state index contributed by atoms with van der Waals surface area (Å²) in [6.07, 6.45) is 2.48. The lowest BCUT2D eigenvalue weighted by Gasteiger charge is -2.14. The van der Waals surface area contributed by atoms with E-state index in [0.29, 0.717) is 5.41 Å². The van der Waals surface area contributed by atoms with Crippen LogP contribution in [0.5, 0.6) is 0 Å². The highest BCUT2D eigenvalue weighted by Gasteiger charge is 2.43. The molecule has 1 aromatic carbocycles. The summed E-state index contributed by atoms with van der Waals surface area (Å²) in [5.41, 5.74) is 2.50. The second-order valence-corrected chi connectivity index (χ2v) is 3.84. The van der Waals surface area contributed by atoms with Crippen LogP contribution in [-0.4, -0.2) is 21.6 Å². The first kappa shape index (κ1) is 8.83. The molecule has 0 bridgehead atoms. The van der Waals surface area contributed by atoms with Gasteiger partial charge in [-0.05, 0) is 18.4 Å². The van der Waals surface area contributed by atoms with E-state index in [4.69, 9.17) is 12.6 Å². The Morgan fingerprint density at radius 2 is 1.92 bits per heavy atom. The minimum atomic E-state index is 0.308. The van der Waals surface area contributed by atoms with E-state index in [1.54, 1.807) is 7.11 Å². The molecule has 1 aliphatic carbocycles. The van der Waals surface area contributed by atoms with Crippen molar-refractivity contribution in [2.75, 3.05) is 13.7 Å². The maximum Gasteiger partial charge on any atom is 0.113 e. The van der Waals surface area contributed by atoms with Gasteiger partial charge in [0.05, 0.1) is 6.61 Å². The molecule has 13 heavy (non-hydrogen) atoms. The number of rotatable bonds is 3. The second-order valence-electron chi connectivity index (χ2n) is 3.84. The van der Waals surface area contributed by atoms with E-state index in [2.05, 4.69) is 12.1 Å². The van der Waals surface area contributed by atoms with Crippen molar-refractivity contribution in [2.45, 2.75) is 18.3 Å². The van der Waals surface area contributed by atoms with Crippen molar-refractivity contribution in [3.63, 3.8) is 0 Å². The van der Waals surface area contributed by atoms with Crippen molar-refractivity contribution in [3.05, 3.63) is 29.8 Å². The van der Waals surface area contributed by atoms with Gasteiger partial charge in [-0.3, -0.25) is 0 Å². The summed E-state index contributed by atoms with van der Waals surface area (Å²) in [5.74, 6) is 0. The fraction of sp³-hybridized carbons (Fsp3) is 0.455. The lowest BCUT2D eigenvalue weighted by molar-refractivity contribution is 0.171. The SMILES string of the molecule is [B]c1ccc(C2(COC)CC2)cc1. The molecule has 0 saturated heterocycles. The Hall–Kier alpha value is -0.755. The molecule has 0 spiro atoms. The Kier molecular flexibility index (Phi) is 2.16. The summed E-state index contributed by atoms with van der Waals surface area (Å²) in [7, 11) is 7.39. The first-order chi connectivity index (χ1) is 6.27. The van der Waals surface area contributed by atoms with Gasteiger partial charge in [0.15, 0.2) is 0 Å². The fourth-order valence-corrected chi connectivity index (χ4v) is 1.78. The number of hydrogen-bond acceptors (Lipinski definition) is 1. The quantitative estimate of drug-likeness (QED) is 0.621. The monoisotopic (exact) mass is 172 g/mol. The zero-order chi connectivity index (χ0) is 9.31. The van der Waals surface area contributed by atoms with Crippen LogP contribution in [0, 0.1) is 0 Å². The van der Waals surface area contributed by atoms with Crippen LogP contribution in [0.3, 0.4) is 0 Å². The zero-order valence-corrected chi connectivity index (χ0v) is 7.92. The maximum absolute atomic E-state index is 5.63. The first-order valence-corrected chi connectivity index (χ1v) is 4.62. The molecule has 0 unspecified atom stereocenters. The maximum atomic E-state index is 5.63. The standard InChI is InChI=1S/C11H13BO/c1-13-8-11(6-7-11)9-2-4-10(12)5-3-9/h2-5H,6-8H2,1H3. The van der Waals surface area contributed by atoms with E-state index < -0.39 is 0 Å².